The minimum absolute atomic E-state index is 0.0227. The van der Waals surface area contributed by atoms with E-state index < -0.39 is 11.5 Å². The minimum atomic E-state index is -0.574. The molecule has 1 N–H and O–H groups in total. The number of nitrogens with zero attached hydrogens (tertiary/aromatic N) is 1. The summed E-state index contributed by atoms with van der Waals surface area (Å²) in [5.41, 5.74) is 1.13. The Bertz CT molecular complexity index is 464. The number of amides is 1. The van der Waals surface area contributed by atoms with Crippen molar-refractivity contribution in [2.75, 3.05) is 0 Å². The number of hydrogen-bond donors (Lipinski definition) is 1. The lowest BCUT2D eigenvalue weighted by Crippen LogP contribution is -2.57. The number of likely N-dealkylation sites (tertiary alicyclic amines) is 1. The third-order valence-electron chi connectivity index (χ3n) is 4.37. The van der Waals surface area contributed by atoms with E-state index in [1.54, 1.807) is 0 Å². The molecule has 0 spiro atoms. The van der Waals surface area contributed by atoms with E-state index in [4.69, 9.17) is 11.6 Å². The fraction of sp³-hybridized carbons (Fsp3) is 0.533. The summed E-state index contributed by atoms with van der Waals surface area (Å²) >= 11 is 6.24. The molecule has 0 unspecified atom stereocenters. The Morgan fingerprint density at radius 1 is 1.26 bits per heavy atom. The van der Waals surface area contributed by atoms with Crippen LogP contribution in [0.5, 0.6) is 0 Å². The molecule has 1 heterocycles. The van der Waals surface area contributed by atoms with Gasteiger partial charge in [0, 0.05) is 18.5 Å². The van der Waals surface area contributed by atoms with Gasteiger partial charge in [-0.15, -0.1) is 11.6 Å². The molecule has 0 radical (unpaired) electrons. The molecular formula is C15H18ClNO2. The van der Waals surface area contributed by atoms with Crippen molar-refractivity contribution in [2.45, 2.75) is 43.3 Å². The van der Waals surface area contributed by atoms with Crippen molar-refractivity contribution in [1.29, 1.82) is 0 Å². The van der Waals surface area contributed by atoms with Crippen molar-refractivity contribution in [2.24, 2.45) is 5.92 Å². The van der Waals surface area contributed by atoms with Gasteiger partial charge in [-0.25, -0.2) is 0 Å². The summed E-state index contributed by atoms with van der Waals surface area (Å²) in [6.07, 6.45) is 2.03. The number of alkyl halides is 1. The van der Waals surface area contributed by atoms with Crippen molar-refractivity contribution >= 4 is 17.5 Å². The largest absolute Gasteiger partial charge is 0.393 e. The maximum Gasteiger partial charge on any atom is 0.241 e. The molecule has 1 aliphatic heterocycles. The number of halogens is 1. The van der Waals surface area contributed by atoms with Gasteiger partial charge in [0.05, 0.1) is 6.10 Å². The van der Waals surface area contributed by atoms with Gasteiger partial charge in [0.25, 0.3) is 0 Å². The van der Waals surface area contributed by atoms with Crippen LogP contribution in [0.15, 0.2) is 30.3 Å². The van der Waals surface area contributed by atoms with Gasteiger partial charge >= 0.3 is 0 Å². The first-order valence-corrected chi connectivity index (χ1v) is 7.27. The number of rotatable bonds is 2. The highest BCUT2D eigenvalue weighted by molar-refractivity contribution is 6.31. The summed E-state index contributed by atoms with van der Waals surface area (Å²) in [5.74, 6) is -0.0922. The van der Waals surface area contributed by atoms with Crippen LogP contribution in [0.25, 0.3) is 0 Å². The number of carbonyl (C=O) groups is 1. The van der Waals surface area contributed by atoms with Gasteiger partial charge < -0.3 is 10.0 Å². The minimum Gasteiger partial charge on any atom is -0.393 e. The van der Waals surface area contributed by atoms with Crippen molar-refractivity contribution in [3.8, 4) is 0 Å². The Morgan fingerprint density at radius 3 is 2.74 bits per heavy atom. The van der Waals surface area contributed by atoms with Crippen LogP contribution in [0.4, 0.5) is 0 Å². The molecule has 1 saturated carbocycles. The van der Waals surface area contributed by atoms with E-state index in [9.17, 15) is 9.90 Å². The lowest BCUT2D eigenvalue weighted by atomic mass is 9.77. The number of piperidine rings is 1. The van der Waals surface area contributed by atoms with Crippen LogP contribution in [0.2, 0.25) is 0 Å². The quantitative estimate of drug-likeness (QED) is 0.843. The molecule has 2 bridgehead atoms. The Morgan fingerprint density at radius 2 is 2.00 bits per heavy atom. The molecule has 4 atom stereocenters. The second kappa shape index (κ2) is 5.14. The summed E-state index contributed by atoms with van der Waals surface area (Å²) in [7, 11) is 0. The van der Waals surface area contributed by atoms with Crippen LogP contribution >= 0.6 is 11.6 Å². The van der Waals surface area contributed by atoms with Gasteiger partial charge in [-0.05, 0) is 24.8 Å². The highest BCUT2D eigenvalue weighted by Crippen LogP contribution is 2.38. The smallest absolute Gasteiger partial charge is 0.241 e. The third-order valence-corrected chi connectivity index (χ3v) is 4.88. The topological polar surface area (TPSA) is 40.5 Å². The van der Waals surface area contributed by atoms with Crippen LogP contribution in [0.1, 0.15) is 24.8 Å². The second-order valence-corrected chi connectivity index (χ2v) is 6.02. The molecule has 19 heavy (non-hydrogen) atoms. The summed E-state index contributed by atoms with van der Waals surface area (Å²) in [4.78, 5) is 14.3. The van der Waals surface area contributed by atoms with E-state index in [1.807, 2.05) is 35.2 Å². The van der Waals surface area contributed by atoms with Gasteiger partial charge in [-0.2, -0.15) is 0 Å². The van der Waals surface area contributed by atoms with Crippen LogP contribution in [0, 0.1) is 5.92 Å². The summed E-state index contributed by atoms with van der Waals surface area (Å²) in [6.45, 7) is 0.621. The fourth-order valence-corrected chi connectivity index (χ4v) is 3.67. The predicted molar refractivity (Wildman–Crippen MR) is 73.8 cm³/mol. The highest BCUT2D eigenvalue weighted by Gasteiger charge is 2.46. The SMILES string of the molecule is O=C1[C@H](Cl)[C@@H]2C[C@@H](CC[C@H]2O)N1Cc1ccccc1. The van der Waals surface area contributed by atoms with Crippen molar-refractivity contribution < 1.29 is 9.90 Å². The van der Waals surface area contributed by atoms with Gasteiger partial charge in [0.2, 0.25) is 5.91 Å². The molecule has 1 aromatic rings. The zero-order chi connectivity index (χ0) is 13.4. The summed E-state index contributed by atoms with van der Waals surface area (Å²) in [5, 5.41) is 9.36. The molecular weight excluding hydrogens is 262 g/mol. The van der Waals surface area contributed by atoms with Gasteiger partial charge in [-0.3, -0.25) is 4.79 Å². The number of fused-ring (bicyclic) bond motifs is 2. The van der Waals surface area contributed by atoms with Gasteiger partial charge in [-0.1, -0.05) is 30.3 Å². The molecule has 3 nitrogen and oxygen atoms in total. The number of aliphatic hydroxyl groups is 1. The van der Waals surface area contributed by atoms with E-state index >= 15 is 0 Å². The van der Waals surface area contributed by atoms with Crippen molar-refractivity contribution in [3.63, 3.8) is 0 Å². The van der Waals surface area contributed by atoms with Crippen LogP contribution in [-0.2, 0) is 11.3 Å². The Labute approximate surface area is 118 Å². The van der Waals surface area contributed by atoms with E-state index in [2.05, 4.69) is 0 Å². The van der Waals surface area contributed by atoms with E-state index in [-0.39, 0.29) is 17.9 Å². The Balaban J connectivity index is 1.80. The summed E-state index contributed by atoms with van der Waals surface area (Å²) in [6, 6.07) is 10.2. The standard InChI is InChI=1S/C15H18ClNO2/c16-14-12-8-11(6-7-13(12)18)17(15(14)19)9-10-4-2-1-3-5-10/h1-5,11-14,18H,6-9H2/t11-,12-,13-,14-/m1/s1. The predicted octanol–water partition coefficient (Wildman–Crippen LogP) is 2.17. The number of carbonyl (C=O) groups excluding carboxylic acids is 1. The monoisotopic (exact) mass is 279 g/mol. The third kappa shape index (κ3) is 2.37. The number of hydrogen-bond acceptors (Lipinski definition) is 2. The summed E-state index contributed by atoms with van der Waals surface area (Å²) < 4.78 is 0. The number of aliphatic hydroxyl groups excluding tert-OH is 1. The second-order valence-electron chi connectivity index (χ2n) is 5.55. The molecule has 3 rings (SSSR count). The zero-order valence-corrected chi connectivity index (χ0v) is 11.5. The Kier molecular flexibility index (Phi) is 3.50. The van der Waals surface area contributed by atoms with E-state index in [1.165, 1.54) is 0 Å². The van der Waals surface area contributed by atoms with Crippen LogP contribution in [0.3, 0.4) is 0 Å². The average Bonchev–Trinajstić information content (AvgIpc) is 2.44. The maximum absolute atomic E-state index is 12.4. The van der Waals surface area contributed by atoms with Crippen LogP contribution < -0.4 is 0 Å². The number of benzene rings is 1. The molecule has 0 aromatic heterocycles. The molecule has 1 amide bonds. The van der Waals surface area contributed by atoms with Crippen molar-refractivity contribution in [1.82, 2.24) is 4.90 Å². The zero-order valence-electron chi connectivity index (χ0n) is 10.7. The first-order chi connectivity index (χ1) is 9.16. The lowest BCUT2D eigenvalue weighted by Gasteiger charge is -2.47. The van der Waals surface area contributed by atoms with E-state index in [0.29, 0.717) is 6.54 Å². The van der Waals surface area contributed by atoms with Crippen molar-refractivity contribution in [3.05, 3.63) is 35.9 Å². The molecule has 1 aliphatic carbocycles. The highest BCUT2D eigenvalue weighted by atomic mass is 35.5. The molecule has 1 aromatic carbocycles. The van der Waals surface area contributed by atoms with Gasteiger partial charge in [0.15, 0.2) is 0 Å². The normalized spacial score (nSPS) is 34.4. The fourth-order valence-electron chi connectivity index (χ4n) is 3.27. The van der Waals surface area contributed by atoms with E-state index in [0.717, 1.165) is 24.8 Å². The average molecular weight is 280 g/mol. The first-order valence-electron chi connectivity index (χ1n) is 6.83. The molecule has 1 saturated heterocycles. The Hall–Kier alpha value is -1.06. The molecule has 2 aliphatic rings. The lowest BCUT2D eigenvalue weighted by molar-refractivity contribution is -0.144. The maximum atomic E-state index is 12.4. The first kappa shape index (κ1) is 12.9. The molecule has 4 heteroatoms. The molecule has 102 valence electrons. The van der Waals surface area contributed by atoms with Gasteiger partial charge in [0.1, 0.15) is 5.38 Å². The molecule has 2 fully saturated rings. The van der Waals surface area contributed by atoms with Crippen LogP contribution in [-0.4, -0.2) is 33.4 Å².